The summed E-state index contributed by atoms with van der Waals surface area (Å²) in [4.78, 5) is 1.32. The van der Waals surface area contributed by atoms with Gasteiger partial charge < -0.3 is 5.32 Å². The van der Waals surface area contributed by atoms with Gasteiger partial charge in [0.1, 0.15) is 0 Å². The number of nitrogens with zero attached hydrogens (tertiary/aromatic N) is 1. The van der Waals surface area contributed by atoms with Gasteiger partial charge in [0.05, 0.1) is 6.54 Å². The van der Waals surface area contributed by atoms with E-state index in [0.29, 0.717) is 6.54 Å². The second-order valence-electron chi connectivity index (χ2n) is 3.61. The lowest BCUT2D eigenvalue weighted by Crippen LogP contribution is -2.39. The first-order chi connectivity index (χ1) is 5.97. The highest BCUT2D eigenvalue weighted by Gasteiger charge is 2.30. The third-order valence-corrected chi connectivity index (χ3v) is 2.14. The van der Waals surface area contributed by atoms with Gasteiger partial charge in [0.2, 0.25) is 0 Å². The third-order valence-electron chi connectivity index (χ3n) is 2.14. The van der Waals surface area contributed by atoms with E-state index >= 15 is 0 Å². The van der Waals surface area contributed by atoms with Crippen LogP contribution in [-0.2, 0) is 0 Å². The number of alkyl halides is 3. The zero-order valence-electron chi connectivity index (χ0n) is 7.69. The number of hydrogen-bond acceptors (Lipinski definition) is 2. The van der Waals surface area contributed by atoms with Gasteiger partial charge in [-0.15, -0.1) is 0 Å². The van der Waals surface area contributed by atoms with E-state index in [1.165, 1.54) is 11.9 Å². The minimum atomic E-state index is -4.08. The summed E-state index contributed by atoms with van der Waals surface area (Å²) in [6, 6.07) is 0.243. The number of halogens is 3. The molecule has 13 heavy (non-hydrogen) atoms. The van der Waals surface area contributed by atoms with Gasteiger partial charge in [0.25, 0.3) is 0 Å². The molecule has 1 N–H and O–H groups in total. The Morgan fingerprint density at radius 1 is 1.46 bits per heavy atom. The average molecular weight is 196 g/mol. The van der Waals surface area contributed by atoms with E-state index in [2.05, 4.69) is 5.32 Å². The quantitative estimate of drug-likeness (QED) is 0.730. The predicted molar refractivity (Wildman–Crippen MR) is 44.6 cm³/mol. The number of hydrogen-bond donors (Lipinski definition) is 1. The van der Waals surface area contributed by atoms with Gasteiger partial charge >= 0.3 is 6.18 Å². The smallest absolute Gasteiger partial charge is 0.313 e. The van der Waals surface area contributed by atoms with Crippen LogP contribution in [0.4, 0.5) is 13.2 Å². The summed E-state index contributed by atoms with van der Waals surface area (Å²) in [7, 11) is 1.51. The molecule has 0 aromatic rings. The van der Waals surface area contributed by atoms with Gasteiger partial charge in [-0.2, -0.15) is 13.2 Å². The molecule has 1 fully saturated rings. The molecule has 0 saturated carbocycles. The minimum absolute atomic E-state index is 0.243. The van der Waals surface area contributed by atoms with Crippen molar-refractivity contribution in [3.63, 3.8) is 0 Å². The first kappa shape index (κ1) is 10.8. The number of rotatable bonds is 3. The van der Waals surface area contributed by atoms with Crippen LogP contribution in [0, 0.1) is 0 Å². The average Bonchev–Trinajstić information content (AvgIpc) is 2.34. The van der Waals surface area contributed by atoms with Crippen molar-refractivity contribution < 1.29 is 13.2 Å². The highest BCUT2D eigenvalue weighted by Crippen LogP contribution is 2.16. The molecule has 0 aromatic heterocycles. The van der Waals surface area contributed by atoms with Crippen LogP contribution in [0.5, 0.6) is 0 Å². The van der Waals surface area contributed by atoms with E-state index in [-0.39, 0.29) is 6.04 Å². The lowest BCUT2D eigenvalue weighted by Gasteiger charge is -2.21. The zero-order valence-corrected chi connectivity index (χ0v) is 7.69. The van der Waals surface area contributed by atoms with E-state index in [9.17, 15) is 13.2 Å². The lowest BCUT2D eigenvalue weighted by atomic mass is 10.2. The van der Waals surface area contributed by atoms with Crippen LogP contribution in [-0.4, -0.2) is 43.8 Å². The zero-order chi connectivity index (χ0) is 9.90. The first-order valence-electron chi connectivity index (χ1n) is 4.46. The maximum Gasteiger partial charge on any atom is 0.401 e. The van der Waals surface area contributed by atoms with Gasteiger partial charge in [-0.05, 0) is 26.4 Å². The van der Waals surface area contributed by atoms with Crippen LogP contribution in [0.1, 0.15) is 12.8 Å². The van der Waals surface area contributed by atoms with Crippen molar-refractivity contribution in [1.82, 2.24) is 10.2 Å². The summed E-state index contributed by atoms with van der Waals surface area (Å²) in [5.41, 5.74) is 0. The Morgan fingerprint density at radius 3 is 2.62 bits per heavy atom. The molecule has 0 spiro atoms. The molecule has 1 saturated heterocycles. The molecular formula is C8H15F3N2. The van der Waals surface area contributed by atoms with Crippen LogP contribution in [0.25, 0.3) is 0 Å². The molecule has 0 amide bonds. The monoisotopic (exact) mass is 196 g/mol. The molecular weight excluding hydrogens is 181 g/mol. The van der Waals surface area contributed by atoms with E-state index < -0.39 is 12.7 Å². The Hall–Kier alpha value is -0.290. The van der Waals surface area contributed by atoms with Crippen LogP contribution in [0.3, 0.4) is 0 Å². The Morgan fingerprint density at radius 2 is 2.15 bits per heavy atom. The minimum Gasteiger partial charge on any atom is -0.313 e. The predicted octanol–water partition coefficient (Wildman–Crippen LogP) is 1.23. The summed E-state index contributed by atoms with van der Waals surface area (Å²) in [5.74, 6) is 0. The van der Waals surface area contributed by atoms with E-state index in [1.54, 1.807) is 0 Å². The van der Waals surface area contributed by atoms with Crippen molar-refractivity contribution in [3.05, 3.63) is 0 Å². The Balaban J connectivity index is 2.20. The molecule has 0 radical (unpaired) electrons. The van der Waals surface area contributed by atoms with Crippen molar-refractivity contribution in [3.8, 4) is 0 Å². The van der Waals surface area contributed by atoms with Gasteiger partial charge in [0.15, 0.2) is 0 Å². The van der Waals surface area contributed by atoms with Crippen molar-refractivity contribution in [2.24, 2.45) is 0 Å². The van der Waals surface area contributed by atoms with Gasteiger partial charge in [-0.3, -0.25) is 4.90 Å². The molecule has 1 atom stereocenters. The largest absolute Gasteiger partial charge is 0.401 e. The number of likely N-dealkylation sites (N-methyl/N-ethyl adjacent to an activating group) is 1. The molecule has 0 aliphatic carbocycles. The van der Waals surface area contributed by atoms with Gasteiger partial charge in [-0.1, -0.05) is 0 Å². The second kappa shape index (κ2) is 4.28. The lowest BCUT2D eigenvalue weighted by molar-refractivity contribution is -0.143. The molecule has 1 heterocycles. The van der Waals surface area contributed by atoms with Crippen LogP contribution >= 0.6 is 0 Å². The Labute approximate surface area is 76.1 Å². The maximum atomic E-state index is 11.9. The molecule has 78 valence electrons. The first-order valence-corrected chi connectivity index (χ1v) is 4.46. The van der Waals surface area contributed by atoms with Crippen molar-refractivity contribution >= 4 is 0 Å². The highest BCUT2D eigenvalue weighted by molar-refractivity contribution is 4.77. The molecule has 5 heteroatoms. The van der Waals surface area contributed by atoms with Crippen LogP contribution in [0.2, 0.25) is 0 Å². The van der Waals surface area contributed by atoms with Crippen molar-refractivity contribution in [2.45, 2.75) is 25.1 Å². The molecule has 0 bridgehead atoms. The topological polar surface area (TPSA) is 15.3 Å². The Kier molecular flexibility index (Phi) is 3.55. The molecule has 1 rings (SSSR count). The molecule has 0 aromatic carbocycles. The fourth-order valence-electron chi connectivity index (χ4n) is 1.66. The van der Waals surface area contributed by atoms with E-state index in [4.69, 9.17) is 0 Å². The molecule has 1 aliphatic rings. The van der Waals surface area contributed by atoms with Crippen molar-refractivity contribution in [2.75, 3.05) is 26.7 Å². The summed E-state index contributed by atoms with van der Waals surface area (Å²) in [5, 5.41) is 3.16. The molecule has 0 unspecified atom stereocenters. The summed E-state index contributed by atoms with van der Waals surface area (Å²) in [6.07, 6.45) is -2.01. The van der Waals surface area contributed by atoms with E-state index in [1.807, 2.05) is 0 Å². The summed E-state index contributed by atoms with van der Waals surface area (Å²) >= 11 is 0. The fraction of sp³-hybridized carbons (Fsp3) is 1.00. The second-order valence-corrected chi connectivity index (χ2v) is 3.61. The fourth-order valence-corrected chi connectivity index (χ4v) is 1.66. The standard InChI is InChI=1S/C8H15F3N2/c1-13(6-8(9,10)11)5-7-3-2-4-12-7/h7,12H,2-6H2,1H3/t7-/m1/s1. The van der Waals surface area contributed by atoms with Crippen LogP contribution in [0.15, 0.2) is 0 Å². The van der Waals surface area contributed by atoms with Crippen LogP contribution < -0.4 is 5.32 Å². The van der Waals surface area contributed by atoms with Gasteiger partial charge in [-0.25, -0.2) is 0 Å². The van der Waals surface area contributed by atoms with Crippen molar-refractivity contribution in [1.29, 1.82) is 0 Å². The molecule has 2 nitrogen and oxygen atoms in total. The Bertz CT molecular complexity index is 152. The number of nitrogens with one attached hydrogen (secondary N) is 1. The SMILES string of the molecule is CN(C[C@H]1CCCN1)CC(F)(F)F. The van der Waals surface area contributed by atoms with Gasteiger partial charge in [0, 0.05) is 12.6 Å². The summed E-state index contributed by atoms with van der Waals surface area (Å²) in [6.45, 7) is 0.606. The normalized spacial score (nSPS) is 24.2. The third kappa shape index (κ3) is 4.47. The molecule has 1 aliphatic heterocycles. The highest BCUT2D eigenvalue weighted by atomic mass is 19.4. The van der Waals surface area contributed by atoms with E-state index in [0.717, 1.165) is 19.4 Å². The summed E-state index contributed by atoms with van der Waals surface area (Å²) < 4.78 is 35.8. The maximum absolute atomic E-state index is 11.9.